The minimum Gasteiger partial charge on any atom is -0.339 e. The highest BCUT2D eigenvalue weighted by Crippen LogP contribution is 2.18. The molecule has 0 saturated carbocycles. The van der Waals surface area contributed by atoms with Crippen LogP contribution in [0.3, 0.4) is 0 Å². The molecule has 25 heavy (non-hydrogen) atoms. The second-order valence-corrected chi connectivity index (χ2v) is 6.07. The first-order valence-corrected chi connectivity index (χ1v) is 8.07. The molecule has 0 unspecified atom stereocenters. The number of aryl methyl sites for hydroxylation is 3. The summed E-state index contributed by atoms with van der Waals surface area (Å²) in [5.74, 6) is 0.315. The number of hydrogen-bond donors (Lipinski definition) is 2. The third-order valence-electron chi connectivity index (χ3n) is 3.86. The standard InChI is InChI=1S/C20H20N4O/c1-13-5-8-16(9-6-13)21-19-11-10-17(23-24-19)20(25)22-18-12-14(2)4-7-15(18)3/h4-12H,1-3H3,(H,21,24)(H,22,25). The molecule has 5 nitrogen and oxygen atoms in total. The number of anilines is 3. The molecular weight excluding hydrogens is 312 g/mol. The minimum absolute atomic E-state index is 0.273. The van der Waals surface area contributed by atoms with Gasteiger partial charge in [-0.15, -0.1) is 10.2 Å². The lowest BCUT2D eigenvalue weighted by molar-refractivity contribution is 0.102. The fraction of sp³-hybridized carbons (Fsp3) is 0.150. The number of aromatic nitrogens is 2. The summed E-state index contributed by atoms with van der Waals surface area (Å²) >= 11 is 0. The SMILES string of the molecule is Cc1ccc(Nc2ccc(C(=O)Nc3cc(C)ccc3C)nn2)cc1. The number of hydrogen-bond acceptors (Lipinski definition) is 4. The lowest BCUT2D eigenvalue weighted by Crippen LogP contribution is -2.15. The average Bonchev–Trinajstić information content (AvgIpc) is 2.61. The molecule has 3 rings (SSSR count). The summed E-state index contributed by atoms with van der Waals surface area (Å²) in [6.45, 7) is 5.97. The zero-order valence-electron chi connectivity index (χ0n) is 14.5. The van der Waals surface area contributed by atoms with Gasteiger partial charge in [0.25, 0.3) is 5.91 Å². The molecular formula is C20H20N4O. The Bertz CT molecular complexity index is 887. The Balaban J connectivity index is 1.70. The predicted molar refractivity (Wildman–Crippen MR) is 100 cm³/mol. The van der Waals surface area contributed by atoms with Gasteiger partial charge in [0.05, 0.1) is 0 Å². The Morgan fingerprint density at radius 1 is 0.840 bits per heavy atom. The molecule has 0 atom stereocenters. The van der Waals surface area contributed by atoms with Gasteiger partial charge in [0, 0.05) is 11.4 Å². The van der Waals surface area contributed by atoms with Crippen LogP contribution in [0.2, 0.25) is 0 Å². The summed E-state index contributed by atoms with van der Waals surface area (Å²) in [5, 5.41) is 14.1. The zero-order valence-corrected chi connectivity index (χ0v) is 14.5. The van der Waals surface area contributed by atoms with Crippen LogP contribution in [0.4, 0.5) is 17.2 Å². The van der Waals surface area contributed by atoms with E-state index in [4.69, 9.17) is 0 Å². The smallest absolute Gasteiger partial charge is 0.276 e. The van der Waals surface area contributed by atoms with Gasteiger partial charge in [-0.05, 0) is 62.2 Å². The van der Waals surface area contributed by atoms with Crippen LogP contribution in [-0.4, -0.2) is 16.1 Å². The highest BCUT2D eigenvalue weighted by atomic mass is 16.1. The van der Waals surface area contributed by atoms with Crippen molar-refractivity contribution in [1.29, 1.82) is 0 Å². The molecule has 1 aromatic heterocycles. The summed E-state index contributed by atoms with van der Waals surface area (Å²) in [5.41, 5.74) is 5.26. The third-order valence-corrected chi connectivity index (χ3v) is 3.86. The van der Waals surface area contributed by atoms with Gasteiger partial charge in [0.2, 0.25) is 0 Å². The molecule has 0 aliphatic heterocycles. The first kappa shape index (κ1) is 16.6. The Hall–Kier alpha value is -3.21. The van der Waals surface area contributed by atoms with Crippen LogP contribution < -0.4 is 10.6 Å². The second kappa shape index (κ2) is 7.13. The van der Waals surface area contributed by atoms with E-state index < -0.39 is 0 Å². The van der Waals surface area contributed by atoms with Crippen LogP contribution >= 0.6 is 0 Å². The van der Waals surface area contributed by atoms with Crippen LogP contribution in [-0.2, 0) is 0 Å². The molecule has 2 aromatic carbocycles. The summed E-state index contributed by atoms with van der Waals surface area (Å²) < 4.78 is 0. The van der Waals surface area contributed by atoms with Crippen molar-refractivity contribution in [3.8, 4) is 0 Å². The molecule has 0 aliphatic carbocycles. The van der Waals surface area contributed by atoms with E-state index in [1.165, 1.54) is 5.56 Å². The summed E-state index contributed by atoms with van der Waals surface area (Å²) in [4.78, 5) is 12.4. The molecule has 0 saturated heterocycles. The highest BCUT2D eigenvalue weighted by molar-refractivity contribution is 6.03. The van der Waals surface area contributed by atoms with Crippen molar-refractivity contribution in [3.63, 3.8) is 0 Å². The number of rotatable bonds is 4. The second-order valence-electron chi connectivity index (χ2n) is 6.07. The van der Waals surface area contributed by atoms with Gasteiger partial charge in [-0.3, -0.25) is 4.79 Å². The quantitative estimate of drug-likeness (QED) is 0.743. The maximum atomic E-state index is 12.4. The van der Waals surface area contributed by atoms with Gasteiger partial charge >= 0.3 is 0 Å². The lowest BCUT2D eigenvalue weighted by atomic mass is 10.1. The van der Waals surface area contributed by atoms with Crippen molar-refractivity contribution in [1.82, 2.24) is 10.2 Å². The third kappa shape index (κ3) is 4.20. The monoisotopic (exact) mass is 332 g/mol. The molecule has 0 fully saturated rings. The van der Waals surface area contributed by atoms with Gasteiger partial charge in [-0.2, -0.15) is 0 Å². The lowest BCUT2D eigenvalue weighted by Gasteiger charge is -2.09. The molecule has 0 aliphatic rings. The molecule has 126 valence electrons. The fourth-order valence-corrected chi connectivity index (χ4v) is 2.36. The zero-order chi connectivity index (χ0) is 17.8. The molecule has 2 N–H and O–H groups in total. The number of amides is 1. The van der Waals surface area contributed by atoms with Gasteiger partial charge in [0.1, 0.15) is 0 Å². The maximum Gasteiger partial charge on any atom is 0.276 e. The summed E-state index contributed by atoms with van der Waals surface area (Å²) in [6, 6.07) is 17.3. The van der Waals surface area contributed by atoms with E-state index in [9.17, 15) is 4.79 Å². The van der Waals surface area contributed by atoms with Crippen LogP contribution in [0.15, 0.2) is 54.6 Å². The molecule has 0 radical (unpaired) electrons. The van der Waals surface area contributed by atoms with Gasteiger partial charge in [-0.1, -0.05) is 29.8 Å². The van der Waals surface area contributed by atoms with Crippen molar-refractivity contribution < 1.29 is 4.79 Å². The molecule has 1 heterocycles. The van der Waals surface area contributed by atoms with Crippen molar-refractivity contribution in [2.24, 2.45) is 0 Å². The first-order chi connectivity index (χ1) is 12.0. The van der Waals surface area contributed by atoms with E-state index in [-0.39, 0.29) is 11.6 Å². The van der Waals surface area contributed by atoms with Gasteiger partial charge in [-0.25, -0.2) is 0 Å². The van der Waals surface area contributed by atoms with Crippen LogP contribution in [0.1, 0.15) is 27.2 Å². The number of nitrogens with one attached hydrogen (secondary N) is 2. The summed E-state index contributed by atoms with van der Waals surface area (Å²) in [7, 11) is 0. The fourth-order valence-electron chi connectivity index (χ4n) is 2.36. The van der Waals surface area contributed by atoms with Crippen molar-refractivity contribution in [3.05, 3.63) is 77.0 Å². The normalized spacial score (nSPS) is 10.4. The summed E-state index contributed by atoms with van der Waals surface area (Å²) in [6.07, 6.45) is 0. The Morgan fingerprint density at radius 2 is 1.56 bits per heavy atom. The number of benzene rings is 2. The van der Waals surface area contributed by atoms with Crippen LogP contribution in [0.5, 0.6) is 0 Å². The Kier molecular flexibility index (Phi) is 4.75. The van der Waals surface area contributed by atoms with E-state index in [1.807, 2.05) is 63.2 Å². The molecule has 0 bridgehead atoms. The van der Waals surface area contributed by atoms with Gasteiger partial charge < -0.3 is 10.6 Å². The average molecular weight is 332 g/mol. The van der Waals surface area contributed by atoms with Gasteiger partial charge in [0.15, 0.2) is 11.5 Å². The van der Waals surface area contributed by atoms with E-state index in [0.717, 1.165) is 22.5 Å². The van der Waals surface area contributed by atoms with Crippen molar-refractivity contribution in [2.75, 3.05) is 10.6 Å². The van der Waals surface area contributed by atoms with Crippen molar-refractivity contribution >= 4 is 23.1 Å². The van der Waals surface area contributed by atoms with E-state index >= 15 is 0 Å². The largest absolute Gasteiger partial charge is 0.339 e. The number of carbonyl (C=O) groups excluding carboxylic acids is 1. The molecule has 0 spiro atoms. The highest BCUT2D eigenvalue weighted by Gasteiger charge is 2.10. The molecule has 5 heteroatoms. The molecule has 1 amide bonds. The van der Waals surface area contributed by atoms with Crippen LogP contribution in [0.25, 0.3) is 0 Å². The van der Waals surface area contributed by atoms with E-state index in [2.05, 4.69) is 20.8 Å². The van der Waals surface area contributed by atoms with Crippen LogP contribution in [0, 0.1) is 20.8 Å². The number of carbonyl (C=O) groups is 1. The Morgan fingerprint density at radius 3 is 2.24 bits per heavy atom. The first-order valence-electron chi connectivity index (χ1n) is 8.07. The topological polar surface area (TPSA) is 66.9 Å². The van der Waals surface area contributed by atoms with E-state index in [0.29, 0.717) is 5.82 Å². The minimum atomic E-state index is -0.275. The van der Waals surface area contributed by atoms with E-state index in [1.54, 1.807) is 12.1 Å². The molecule has 3 aromatic rings. The Labute approximate surface area is 147 Å². The maximum absolute atomic E-state index is 12.4. The number of nitrogens with zero attached hydrogens (tertiary/aromatic N) is 2. The predicted octanol–water partition coefficient (Wildman–Crippen LogP) is 4.40. The van der Waals surface area contributed by atoms with Crippen molar-refractivity contribution in [2.45, 2.75) is 20.8 Å².